The minimum absolute atomic E-state index is 0.307. The Morgan fingerprint density at radius 3 is 2.52 bits per heavy atom. The van der Waals surface area contributed by atoms with Gasteiger partial charge in [0.05, 0.1) is 11.7 Å². The molecule has 0 aliphatic carbocycles. The molecule has 1 heterocycles. The molecule has 6 nitrogen and oxygen atoms in total. The number of rotatable bonds is 5. The van der Waals surface area contributed by atoms with E-state index in [-0.39, 0.29) is 17.8 Å². The van der Waals surface area contributed by atoms with Gasteiger partial charge in [-0.15, -0.1) is 5.10 Å². The molecule has 0 aliphatic rings. The van der Waals surface area contributed by atoms with Gasteiger partial charge in [0, 0.05) is 21.2 Å². The maximum atomic E-state index is 13.2. The van der Waals surface area contributed by atoms with Crippen molar-refractivity contribution in [3.8, 4) is 16.8 Å². The van der Waals surface area contributed by atoms with Crippen molar-refractivity contribution in [2.24, 2.45) is 0 Å². The first kappa shape index (κ1) is 21.0. The second-order valence-corrected chi connectivity index (χ2v) is 7.74. The predicted molar refractivity (Wildman–Crippen MR) is 117 cm³/mol. The highest BCUT2D eigenvalue weighted by atomic mass is 35.5. The van der Waals surface area contributed by atoms with Crippen molar-refractivity contribution in [2.45, 2.75) is 13.0 Å². The molecule has 0 saturated carbocycles. The first-order valence-electron chi connectivity index (χ1n) is 9.31. The third-order valence-corrected chi connectivity index (χ3v) is 5.30. The number of nitrogens with one attached hydrogen (secondary N) is 1. The van der Waals surface area contributed by atoms with Gasteiger partial charge in [-0.25, -0.2) is 9.07 Å². The van der Waals surface area contributed by atoms with Crippen LogP contribution in [0.5, 0.6) is 0 Å². The zero-order valence-electron chi connectivity index (χ0n) is 16.3. The predicted octanol–water partition coefficient (Wildman–Crippen LogP) is 5.27. The van der Waals surface area contributed by atoms with Crippen molar-refractivity contribution < 1.29 is 9.18 Å². The Hall–Kier alpha value is -3.29. The topological polar surface area (TPSA) is 72.7 Å². The van der Waals surface area contributed by atoms with Gasteiger partial charge in [0.2, 0.25) is 0 Å². The van der Waals surface area contributed by atoms with Gasteiger partial charge < -0.3 is 5.32 Å². The third kappa shape index (κ3) is 4.73. The Morgan fingerprint density at radius 2 is 1.84 bits per heavy atom. The number of halogens is 3. The van der Waals surface area contributed by atoms with E-state index in [4.69, 9.17) is 23.2 Å². The average Bonchev–Trinajstić information content (AvgIpc) is 3.29. The maximum Gasteiger partial charge on any atom is 0.251 e. The van der Waals surface area contributed by atoms with Crippen molar-refractivity contribution >= 4 is 29.1 Å². The zero-order chi connectivity index (χ0) is 22.0. The second kappa shape index (κ2) is 8.83. The molecule has 0 fully saturated rings. The second-order valence-electron chi connectivity index (χ2n) is 6.89. The first-order chi connectivity index (χ1) is 14.9. The highest BCUT2D eigenvalue weighted by Crippen LogP contribution is 2.32. The number of benzene rings is 3. The fourth-order valence-electron chi connectivity index (χ4n) is 3.15. The summed E-state index contributed by atoms with van der Waals surface area (Å²) in [5.74, 6) is -0.640. The molecule has 31 heavy (non-hydrogen) atoms. The lowest BCUT2D eigenvalue weighted by Crippen LogP contribution is -2.26. The third-order valence-electron chi connectivity index (χ3n) is 4.75. The van der Waals surface area contributed by atoms with E-state index in [9.17, 15) is 9.18 Å². The summed E-state index contributed by atoms with van der Waals surface area (Å²) in [6, 6.07) is 16.0. The number of tetrazole rings is 1. The number of amides is 1. The smallest absolute Gasteiger partial charge is 0.251 e. The van der Waals surface area contributed by atoms with E-state index in [1.165, 1.54) is 23.1 Å². The summed E-state index contributed by atoms with van der Waals surface area (Å²) in [6.45, 7) is 1.83. The molecule has 1 N–H and O–H groups in total. The summed E-state index contributed by atoms with van der Waals surface area (Å²) in [4.78, 5) is 13.0. The van der Waals surface area contributed by atoms with Crippen LogP contribution in [0.25, 0.3) is 16.8 Å². The van der Waals surface area contributed by atoms with Crippen LogP contribution >= 0.6 is 23.2 Å². The largest absolute Gasteiger partial charge is 0.346 e. The highest BCUT2D eigenvalue weighted by Gasteiger charge is 2.16. The van der Waals surface area contributed by atoms with Gasteiger partial charge in [-0.3, -0.25) is 4.79 Å². The lowest BCUT2D eigenvalue weighted by molar-refractivity contribution is 0.0940. The van der Waals surface area contributed by atoms with Crippen LogP contribution in [-0.4, -0.2) is 26.1 Å². The van der Waals surface area contributed by atoms with E-state index in [0.29, 0.717) is 32.4 Å². The molecule has 9 heteroatoms. The molecule has 1 amide bonds. The Morgan fingerprint density at radius 1 is 1.06 bits per heavy atom. The first-order valence-corrected chi connectivity index (χ1v) is 10.1. The molecular formula is C22H16Cl2FN5O. The van der Waals surface area contributed by atoms with Gasteiger partial charge in [-0.05, 0) is 70.9 Å². The van der Waals surface area contributed by atoms with E-state index in [1.807, 2.05) is 13.0 Å². The summed E-state index contributed by atoms with van der Waals surface area (Å²) in [5, 5.41) is 15.1. The molecule has 4 aromatic rings. The van der Waals surface area contributed by atoms with Gasteiger partial charge in [-0.2, -0.15) is 0 Å². The molecule has 0 saturated heterocycles. The summed E-state index contributed by atoms with van der Waals surface area (Å²) in [6.07, 6.45) is 1.44. The standard InChI is InChI=1S/C22H16Cl2FN5O/c1-13(14-2-5-18(25)6-3-14)27-22(31)16-8-15(20-7-4-17(23)11-21(20)24)9-19(10-16)30-12-26-28-29-30/h2-13H,1H3,(H,27,31). The maximum absolute atomic E-state index is 13.2. The Labute approximate surface area is 187 Å². The zero-order valence-corrected chi connectivity index (χ0v) is 17.8. The van der Waals surface area contributed by atoms with E-state index in [2.05, 4.69) is 20.8 Å². The van der Waals surface area contributed by atoms with Gasteiger partial charge >= 0.3 is 0 Å². The van der Waals surface area contributed by atoms with Crippen LogP contribution in [0.2, 0.25) is 10.0 Å². The number of carbonyl (C=O) groups excluding carboxylic acids is 1. The van der Waals surface area contributed by atoms with Crippen LogP contribution in [-0.2, 0) is 0 Å². The number of hydrogen-bond acceptors (Lipinski definition) is 4. The molecule has 0 aliphatic heterocycles. The molecular weight excluding hydrogens is 440 g/mol. The van der Waals surface area contributed by atoms with Crippen molar-refractivity contribution in [1.29, 1.82) is 0 Å². The minimum atomic E-state index is -0.332. The monoisotopic (exact) mass is 455 g/mol. The summed E-state index contributed by atoms with van der Waals surface area (Å²) < 4.78 is 14.6. The summed E-state index contributed by atoms with van der Waals surface area (Å²) >= 11 is 12.4. The number of hydrogen-bond donors (Lipinski definition) is 1. The molecule has 0 bridgehead atoms. The molecule has 1 aromatic heterocycles. The van der Waals surface area contributed by atoms with E-state index >= 15 is 0 Å². The van der Waals surface area contributed by atoms with E-state index in [1.54, 1.807) is 42.5 Å². The van der Waals surface area contributed by atoms with Crippen LogP contribution in [0.15, 0.2) is 67.0 Å². The molecule has 1 atom stereocenters. The molecule has 0 spiro atoms. The number of carbonyl (C=O) groups is 1. The minimum Gasteiger partial charge on any atom is -0.346 e. The van der Waals surface area contributed by atoms with Crippen LogP contribution in [0.1, 0.15) is 28.9 Å². The van der Waals surface area contributed by atoms with Crippen molar-refractivity contribution in [3.05, 3.63) is 94.0 Å². The van der Waals surface area contributed by atoms with Crippen molar-refractivity contribution in [2.75, 3.05) is 0 Å². The van der Waals surface area contributed by atoms with Gasteiger partial charge in [0.15, 0.2) is 0 Å². The average molecular weight is 456 g/mol. The molecule has 1 unspecified atom stereocenters. The van der Waals surface area contributed by atoms with E-state index in [0.717, 1.165) is 5.56 Å². The van der Waals surface area contributed by atoms with Gasteiger partial charge in [-0.1, -0.05) is 41.4 Å². The molecule has 156 valence electrons. The quantitative estimate of drug-likeness (QED) is 0.444. The SMILES string of the molecule is CC(NC(=O)c1cc(-c2ccc(Cl)cc2Cl)cc(-n2cnnn2)c1)c1ccc(F)cc1. The lowest BCUT2D eigenvalue weighted by atomic mass is 10.0. The van der Waals surface area contributed by atoms with Crippen LogP contribution < -0.4 is 5.32 Å². The molecule has 4 rings (SSSR count). The number of nitrogens with zero attached hydrogens (tertiary/aromatic N) is 4. The Kier molecular flexibility index (Phi) is 5.97. The summed E-state index contributed by atoms with van der Waals surface area (Å²) in [5.41, 5.74) is 3.18. The lowest BCUT2D eigenvalue weighted by Gasteiger charge is -2.16. The fraction of sp³-hybridized carbons (Fsp3) is 0.0909. The highest BCUT2D eigenvalue weighted by molar-refractivity contribution is 6.36. The summed E-state index contributed by atoms with van der Waals surface area (Å²) in [7, 11) is 0. The van der Waals surface area contributed by atoms with Crippen molar-refractivity contribution in [3.63, 3.8) is 0 Å². The van der Waals surface area contributed by atoms with E-state index < -0.39 is 0 Å². The molecule has 3 aromatic carbocycles. The van der Waals surface area contributed by atoms with Gasteiger partial charge in [0.1, 0.15) is 12.1 Å². The van der Waals surface area contributed by atoms with Crippen LogP contribution in [0.3, 0.4) is 0 Å². The normalized spacial score (nSPS) is 11.9. The Balaban J connectivity index is 1.71. The number of aromatic nitrogens is 4. The molecule has 0 radical (unpaired) electrons. The fourth-order valence-corrected chi connectivity index (χ4v) is 3.67. The Bertz CT molecular complexity index is 1230. The van der Waals surface area contributed by atoms with Crippen molar-refractivity contribution in [1.82, 2.24) is 25.5 Å². The van der Waals surface area contributed by atoms with Crippen LogP contribution in [0.4, 0.5) is 4.39 Å². The van der Waals surface area contributed by atoms with Gasteiger partial charge in [0.25, 0.3) is 5.91 Å². The van der Waals surface area contributed by atoms with Crippen LogP contribution in [0, 0.1) is 5.82 Å².